The van der Waals surface area contributed by atoms with Gasteiger partial charge < -0.3 is 9.88 Å². The van der Waals surface area contributed by atoms with Gasteiger partial charge in [0.1, 0.15) is 11.5 Å². The summed E-state index contributed by atoms with van der Waals surface area (Å²) in [5.41, 5.74) is 2.82. The van der Waals surface area contributed by atoms with Gasteiger partial charge in [-0.2, -0.15) is 5.10 Å². The van der Waals surface area contributed by atoms with Crippen LogP contribution in [0.15, 0.2) is 10.9 Å². The van der Waals surface area contributed by atoms with E-state index in [4.69, 9.17) is 0 Å². The lowest BCUT2D eigenvalue weighted by Crippen LogP contribution is -2.40. The molecule has 2 aromatic heterocycles. The van der Waals surface area contributed by atoms with E-state index >= 15 is 0 Å². The van der Waals surface area contributed by atoms with Crippen molar-refractivity contribution in [2.45, 2.75) is 53.1 Å². The van der Waals surface area contributed by atoms with Crippen molar-refractivity contribution in [1.29, 1.82) is 0 Å². The molecule has 0 aromatic carbocycles. The van der Waals surface area contributed by atoms with Crippen LogP contribution in [0.3, 0.4) is 0 Å². The first-order chi connectivity index (χ1) is 11.4. The van der Waals surface area contributed by atoms with Crippen LogP contribution in [0.25, 0.3) is 0 Å². The lowest BCUT2D eigenvalue weighted by Gasteiger charge is -2.27. The van der Waals surface area contributed by atoms with Gasteiger partial charge in [-0.3, -0.25) is 14.3 Å². The molecule has 0 unspecified atom stereocenters. The van der Waals surface area contributed by atoms with Gasteiger partial charge in [-0.25, -0.2) is 4.98 Å². The van der Waals surface area contributed by atoms with Gasteiger partial charge in [-0.15, -0.1) is 0 Å². The predicted molar refractivity (Wildman–Crippen MR) is 90.0 cm³/mol. The smallest absolute Gasteiger partial charge is 0.272 e. The highest BCUT2D eigenvalue weighted by Gasteiger charge is 2.27. The second-order valence-electron chi connectivity index (χ2n) is 6.48. The molecule has 0 saturated heterocycles. The molecule has 128 valence electrons. The van der Waals surface area contributed by atoms with E-state index in [2.05, 4.69) is 28.9 Å². The average Bonchev–Trinajstić information content (AvgIpc) is 2.98. The zero-order valence-corrected chi connectivity index (χ0v) is 14.6. The molecular weight excluding hydrogens is 306 g/mol. The molecule has 1 N–H and O–H groups in total. The Balaban J connectivity index is 1.90. The molecule has 24 heavy (non-hydrogen) atoms. The number of H-pyrrole nitrogens is 1. The van der Waals surface area contributed by atoms with E-state index < -0.39 is 0 Å². The summed E-state index contributed by atoms with van der Waals surface area (Å²) < 4.78 is 1.75. The van der Waals surface area contributed by atoms with Gasteiger partial charge in [0.05, 0.1) is 17.9 Å². The fourth-order valence-corrected chi connectivity index (χ4v) is 3.03. The van der Waals surface area contributed by atoms with Crippen LogP contribution in [0.1, 0.15) is 60.0 Å². The topological polar surface area (TPSA) is 83.9 Å². The van der Waals surface area contributed by atoms with E-state index in [1.165, 1.54) is 0 Å². The van der Waals surface area contributed by atoms with Crippen molar-refractivity contribution in [2.24, 2.45) is 0 Å². The number of rotatable bonds is 3. The summed E-state index contributed by atoms with van der Waals surface area (Å²) in [6, 6.07) is 1.88. The minimum absolute atomic E-state index is 0.0540. The molecule has 1 aliphatic rings. The number of fused-ring (bicyclic) bond motifs is 1. The van der Waals surface area contributed by atoms with Crippen LogP contribution in [-0.4, -0.2) is 37.1 Å². The Morgan fingerprint density at radius 2 is 2.17 bits per heavy atom. The van der Waals surface area contributed by atoms with Gasteiger partial charge in [-0.05, 0) is 32.3 Å². The van der Waals surface area contributed by atoms with Gasteiger partial charge in [0.2, 0.25) is 0 Å². The quantitative estimate of drug-likeness (QED) is 0.927. The maximum atomic E-state index is 12.9. The molecule has 0 fully saturated rings. The summed E-state index contributed by atoms with van der Waals surface area (Å²) >= 11 is 0. The van der Waals surface area contributed by atoms with Crippen LogP contribution in [0.5, 0.6) is 0 Å². The Labute approximate surface area is 140 Å². The molecule has 1 amide bonds. The molecule has 2 aromatic rings. The second-order valence-corrected chi connectivity index (χ2v) is 6.48. The van der Waals surface area contributed by atoms with Crippen molar-refractivity contribution in [3.63, 3.8) is 0 Å². The van der Waals surface area contributed by atoms with Crippen molar-refractivity contribution >= 4 is 5.91 Å². The Morgan fingerprint density at radius 3 is 2.83 bits per heavy atom. The van der Waals surface area contributed by atoms with Gasteiger partial charge in [0.15, 0.2) is 0 Å². The van der Waals surface area contributed by atoms with E-state index in [0.29, 0.717) is 48.8 Å². The Kier molecular flexibility index (Phi) is 4.26. The summed E-state index contributed by atoms with van der Waals surface area (Å²) in [4.78, 5) is 33.8. The van der Waals surface area contributed by atoms with Crippen LogP contribution in [0.2, 0.25) is 0 Å². The van der Waals surface area contributed by atoms with Gasteiger partial charge in [-0.1, -0.05) is 13.8 Å². The fraction of sp³-hybridized carbons (Fsp3) is 0.529. The van der Waals surface area contributed by atoms with Crippen LogP contribution in [0.4, 0.5) is 0 Å². The Bertz CT molecular complexity index is 834. The molecule has 0 saturated carbocycles. The first kappa shape index (κ1) is 16.4. The molecule has 1 aliphatic heterocycles. The first-order valence-electron chi connectivity index (χ1n) is 8.36. The third kappa shape index (κ3) is 2.86. The number of hydrogen-bond acceptors (Lipinski definition) is 4. The first-order valence-corrected chi connectivity index (χ1v) is 8.36. The molecule has 0 aliphatic carbocycles. The lowest BCUT2D eigenvalue weighted by atomic mass is 10.1. The summed E-state index contributed by atoms with van der Waals surface area (Å²) in [6.45, 7) is 9.39. The minimum atomic E-state index is -0.0923. The minimum Gasteiger partial charge on any atom is -0.331 e. The van der Waals surface area contributed by atoms with Crippen LogP contribution in [-0.2, 0) is 19.5 Å². The number of aromatic amines is 1. The number of aryl methyl sites for hydroxylation is 2. The fourth-order valence-electron chi connectivity index (χ4n) is 3.03. The molecule has 0 atom stereocenters. The number of carbonyl (C=O) groups is 1. The van der Waals surface area contributed by atoms with Crippen molar-refractivity contribution in [2.75, 3.05) is 6.54 Å². The third-order valence-corrected chi connectivity index (χ3v) is 4.39. The van der Waals surface area contributed by atoms with Crippen molar-refractivity contribution in [1.82, 2.24) is 24.6 Å². The summed E-state index contributed by atoms with van der Waals surface area (Å²) in [6.07, 6.45) is 0.529. The van der Waals surface area contributed by atoms with Gasteiger partial charge >= 0.3 is 0 Å². The highest BCUT2D eigenvalue weighted by molar-refractivity contribution is 5.92. The molecule has 0 spiro atoms. The normalized spacial score (nSPS) is 14.1. The maximum Gasteiger partial charge on any atom is 0.272 e. The van der Waals surface area contributed by atoms with Crippen LogP contribution in [0, 0.1) is 6.92 Å². The Morgan fingerprint density at radius 1 is 1.42 bits per heavy atom. The number of carbonyl (C=O) groups excluding carboxylic acids is 1. The van der Waals surface area contributed by atoms with E-state index in [1.54, 1.807) is 16.5 Å². The standard InChI is InChI=1S/C17H23N5O2/c1-5-22-15(8-13(20-22)10(2)3)17(24)21-7-6-12-14(9-21)18-11(4)19-16(12)23/h8,10H,5-7,9H2,1-4H3,(H,18,19,23). The van der Waals surface area contributed by atoms with E-state index in [1.807, 2.05) is 13.0 Å². The number of aromatic nitrogens is 4. The van der Waals surface area contributed by atoms with E-state index in [0.717, 1.165) is 5.69 Å². The van der Waals surface area contributed by atoms with Crippen LogP contribution < -0.4 is 5.56 Å². The predicted octanol–water partition coefficient (Wildman–Crippen LogP) is 1.62. The zero-order chi connectivity index (χ0) is 17.4. The van der Waals surface area contributed by atoms with E-state index in [-0.39, 0.29) is 17.4 Å². The maximum absolute atomic E-state index is 12.9. The SMILES string of the molecule is CCn1nc(C(C)C)cc1C(=O)N1CCc2c(nc(C)[nH]c2=O)C1. The van der Waals surface area contributed by atoms with Crippen LogP contribution >= 0.6 is 0 Å². The molecule has 3 rings (SSSR count). The number of hydrogen-bond donors (Lipinski definition) is 1. The molecule has 7 heteroatoms. The highest BCUT2D eigenvalue weighted by Crippen LogP contribution is 2.19. The zero-order valence-electron chi connectivity index (χ0n) is 14.6. The number of amides is 1. The number of nitrogens with zero attached hydrogens (tertiary/aromatic N) is 4. The monoisotopic (exact) mass is 329 g/mol. The van der Waals surface area contributed by atoms with Gasteiger partial charge in [0.25, 0.3) is 11.5 Å². The highest BCUT2D eigenvalue weighted by atomic mass is 16.2. The Hall–Kier alpha value is -2.44. The molecule has 0 bridgehead atoms. The number of nitrogens with one attached hydrogen (secondary N) is 1. The molecule has 0 radical (unpaired) electrons. The van der Waals surface area contributed by atoms with Crippen molar-refractivity contribution < 1.29 is 4.79 Å². The van der Waals surface area contributed by atoms with Crippen molar-refractivity contribution in [3.8, 4) is 0 Å². The van der Waals surface area contributed by atoms with E-state index in [9.17, 15) is 9.59 Å². The largest absolute Gasteiger partial charge is 0.331 e. The lowest BCUT2D eigenvalue weighted by molar-refractivity contribution is 0.0718. The molecular formula is C17H23N5O2. The summed E-state index contributed by atoms with van der Waals surface area (Å²) in [5.74, 6) is 0.796. The second kappa shape index (κ2) is 6.22. The molecule has 3 heterocycles. The third-order valence-electron chi connectivity index (χ3n) is 4.39. The average molecular weight is 329 g/mol. The van der Waals surface area contributed by atoms with Gasteiger partial charge in [0, 0.05) is 18.7 Å². The summed E-state index contributed by atoms with van der Waals surface area (Å²) in [5, 5.41) is 4.52. The van der Waals surface area contributed by atoms with Crippen molar-refractivity contribution in [3.05, 3.63) is 44.9 Å². The molecule has 7 nitrogen and oxygen atoms in total. The summed E-state index contributed by atoms with van der Waals surface area (Å²) in [7, 11) is 0.